The molecule has 99 heavy (non-hydrogen) atoms. The van der Waals surface area contributed by atoms with Crippen LogP contribution in [0.15, 0.2) is 191 Å². The molecule has 2 atom stereocenters. The van der Waals surface area contributed by atoms with E-state index in [1.807, 2.05) is 122 Å². The molecule has 18 nitrogen and oxygen atoms in total. The topological polar surface area (TPSA) is 236 Å². The number of halogens is 4. The number of benzene rings is 6. The van der Waals surface area contributed by atoms with E-state index in [0.717, 1.165) is 119 Å². The van der Waals surface area contributed by atoms with E-state index in [1.165, 1.54) is 47.9 Å². The average Bonchev–Trinajstić information content (AvgIpc) is 1.59. The summed E-state index contributed by atoms with van der Waals surface area (Å²) in [5, 5.41) is 3.76. The van der Waals surface area contributed by atoms with Gasteiger partial charge < -0.3 is 28.9 Å². The first-order chi connectivity index (χ1) is 46.3. The zero-order valence-corrected chi connectivity index (χ0v) is 66.4. The van der Waals surface area contributed by atoms with Crippen molar-refractivity contribution in [1.29, 1.82) is 0 Å². The van der Waals surface area contributed by atoms with Gasteiger partial charge in [0, 0.05) is 62.7 Å². The van der Waals surface area contributed by atoms with E-state index < -0.39 is 36.8 Å². The van der Waals surface area contributed by atoms with Crippen LogP contribution in [0.4, 0.5) is 14.4 Å². The van der Waals surface area contributed by atoms with Crippen LogP contribution < -0.4 is 15.5 Å². The fourth-order valence-corrected chi connectivity index (χ4v) is 13.7. The Kier molecular flexibility index (Phi) is 29.8. The fourth-order valence-electron chi connectivity index (χ4n) is 11.2. The maximum atomic E-state index is 12.1. The lowest BCUT2D eigenvalue weighted by atomic mass is 9.89. The number of carbonyl (C=O) groups is 4. The van der Waals surface area contributed by atoms with E-state index >= 15 is 0 Å². The van der Waals surface area contributed by atoms with E-state index in [9.17, 15) is 36.0 Å². The number of nitrogens with two attached hydrogens (primary N) is 1. The van der Waals surface area contributed by atoms with Crippen LogP contribution in [-0.4, -0.2) is 118 Å². The predicted octanol–water partition coefficient (Wildman–Crippen LogP) is 18.0. The largest absolute Gasteiger partial charge is 0.444 e. The summed E-state index contributed by atoms with van der Waals surface area (Å²) in [4.78, 5) is 55.8. The summed E-state index contributed by atoms with van der Waals surface area (Å²) < 4.78 is 66.5. The quantitative estimate of drug-likeness (QED) is 0.0306. The van der Waals surface area contributed by atoms with Crippen molar-refractivity contribution >= 4 is 115 Å². The summed E-state index contributed by atoms with van der Waals surface area (Å²) >= 11 is 13.6. The number of rotatable bonds is 9. The Morgan fingerprint density at radius 3 is 1.11 bits per heavy atom. The van der Waals surface area contributed by atoms with Gasteiger partial charge in [0.15, 0.2) is 0 Å². The lowest BCUT2D eigenvalue weighted by Crippen LogP contribution is -2.42. The van der Waals surface area contributed by atoms with Crippen molar-refractivity contribution in [1.82, 2.24) is 24.4 Å². The number of sulfonamides is 2. The minimum atomic E-state index is -3.61. The van der Waals surface area contributed by atoms with Gasteiger partial charge in [-0.05, 0) is 240 Å². The lowest BCUT2D eigenvalue weighted by molar-refractivity contribution is 0.0159. The first-order valence-corrected chi connectivity index (χ1v) is 38.9. The molecule has 0 radical (unpaired) electrons. The Balaban J connectivity index is 0.000000192. The Bertz CT molecular complexity index is 3790. The van der Waals surface area contributed by atoms with Gasteiger partial charge in [-0.3, -0.25) is 10.6 Å². The van der Waals surface area contributed by atoms with E-state index in [4.69, 9.17) is 20.1 Å². The Labute approximate surface area is 620 Å². The van der Waals surface area contributed by atoms with Crippen LogP contribution in [0.1, 0.15) is 164 Å². The van der Waals surface area contributed by atoms with Crippen LogP contribution in [0.3, 0.4) is 0 Å². The number of aryl methyl sites for hydroxylation is 2. The summed E-state index contributed by atoms with van der Waals surface area (Å²) in [6.07, 6.45) is 10.4. The standard InChI is InChI=1S/2C18H24BrNO2.C14H13BrN2O2S.C11H19NO2.C7H5BrO.C7H10N2O2S/c2*1-17(2,3)22-16(21)20-10-8-18(9-11-20)12-15(18)13-4-6-14(19)7-5-13;1-11-2-8-14(9-3-11)20(18,19)17-16-10-12-4-6-13(15)7-5-12;1-9-5-7-12(8-6-9)10(13)14-11(2,3)4;8-7-3-1-6(5-9)2-4-7;1-6-2-4-7(5-3-6)12(10,11)9-8/h2*4-7,15H,8-12H2,1-3H3;2-10,17H,1H3;1,5-8H2,2-4H3;1-5H;2-5,9H,8H2,1H3/b;;16-10+;;;/t2*15-;;;;/m10..../s1. The zero-order valence-electron chi connectivity index (χ0n) is 58.5. The molecule has 3 heterocycles. The predicted molar refractivity (Wildman–Crippen MR) is 407 cm³/mol. The summed E-state index contributed by atoms with van der Waals surface area (Å²) in [5.41, 5.74) is 7.25. The molecule has 0 unspecified atom stereocenters. The molecule has 5 fully saturated rings. The molecule has 4 N–H and O–H groups in total. The van der Waals surface area contributed by atoms with Gasteiger partial charge in [-0.15, -0.1) is 0 Å². The molecule has 3 amide bonds. The van der Waals surface area contributed by atoms with Crippen molar-refractivity contribution in [2.75, 3.05) is 39.3 Å². The summed E-state index contributed by atoms with van der Waals surface area (Å²) in [5.74, 6) is 6.17. The molecule has 2 aliphatic carbocycles. The number of hydrazone groups is 1. The third-order valence-electron chi connectivity index (χ3n) is 16.9. The number of aldehydes is 1. The molecule has 6 aromatic rings. The van der Waals surface area contributed by atoms with Crippen LogP contribution in [0.25, 0.3) is 0 Å². The SMILES string of the molecule is C=C1CCN(C(=O)OC(C)(C)C)CC1.CC(C)(C)OC(=O)N1CCC2(CC1)C[C@@H]2c1ccc(Br)cc1.CC(C)(C)OC(=O)N1CCC2(CC1)C[C@H]2c1ccc(Br)cc1.Cc1ccc(S(=O)(=O)N/N=C/c2ccc(Br)cc2)cc1.Cc1ccc(S(=O)(=O)NN)cc1.O=Cc1ccc(Br)cc1. The number of carbonyl (C=O) groups excluding carboxylic acids is 4. The number of nitrogens with one attached hydrogen (secondary N) is 2. The molecular formula is C75H95Br4N7O11S2. The van der Waals surface area contributed by atoms with Gasteiger partial charge in [0.05, 0.1) is 16.0 Å². The number of ether oxygens (including phenoxy) is 3. The van der Waals surface area contributed by atoms with Gasteiger partial charge in [-0.1, -0.05) is 160 Å². The Hall–Kier alpha value is -6.25. The number of amides is 3. The van der Waals surface area contributed by atoms with E-state index in [-0.39, 0.29) is 28.1 Å². The molecule has 24 heteroatoms. The second kappa shape index (κ2) is 36.1. The minimum absolute atomic E-state index is 0.164. The van der Waals surface area contributed by atoms with Gasteiger partial charge in [-0.25, -0.2) is 27.6 Å². The Morgan fingerprint density at radius 2 is 0.798 bits per heavy atom. The number of hydrogen-bond acceptors (Lipinski definition) is 13. The molecule has 3 aliphatic heterocycles. The minimum Gasteiger partial charge on any atom is -0.444 e. The van der Waals surface area contributed by atoms with Crippen LogP contribution in [0.5, 0.6) is 0 Å². The smallest absolute Gasteiger partial charge is 0.410 e. The van der Waals surface area contributed by atoms with Crippen molar-refractivity contribution in [2.24, 2.45) is 21.8 Å². The van der Waals surface area contributed by atoms with Gasteiger partial charge in [-0.2, -0.15) is 18.4 Å². The highest BCUT2D eigenvalue weighted by Crippen LogP contribution is 2.66. The number of likely N-dealkylation sites (tertiary alicyclic amines) is 3. The van der Waals surface area contributed by atoms with Gasteiger partial charge in [0.25, 0.3) is 20.0 Å². The van der Waals surface area contributed by atoms with Crippen LogP contribution in [0.2, 0.25) is 0 Å². The summed E-state index contributed by atoms with van der Waals surface area (Å²) in [6.45, 7) is 29.6. The molecule has 2 saturated carbocycles. The zero-order chi connectivity index (χ0) is 73.2. The second-order valence-electron chi connectivity index (χ2n) is 28.3. The third-order valence-corrected chi connectivity index (χ3v) is 21.5. The maximum Gasteiger partial charge on any atom is 0.410 e. The first-order valence-electron chi connectivity index (χ1n) is 32.8. The van der Waals surface area contributed by atoms with Gasteiger partial charge in [0.1, 0.15) is 23.1 Å². The van der Waals surface area contributed by atoms with Crippen molar-refractivity contribution in [3.05, 3.63) is 209 Å². The van der Waals surface area contributed by atoms with Crippen molar-refractivity contribution in [2.45, 2.75) is 166 Å². The molecular weight excluding hydrogens is 1560 g/mol. The molecule has 0 bridgehead atoms. The lowest BCUT2D eigenvalue weighted by Gasteiger charge is -2.34. The normalized spacial score (nSPS) is 17.6. The van der Waals surface area contributed by atoms with Gasteiger partial charge in [0.2, 0.25) is 0 Å². The number of nitrogens with zero attached hydrogens (tertiary/aromatic N) is 4. The van der Waals surface area contributed by atoms with Gasteiger partial charge >= 0.3 is 18.3 Å². The van der Waals surface area contributed by atoms with Crippen molar-refractivity contribution in [3.63, 3.8) is 0 Å². The maximum absolute atomic E-state index is 12.1. The first kappa shape index (κ1) is 81.7. The summed E-state index contributed by atoms with van der Waals surface area (Å²) in [6, 6.07) is 45.0. The van der Waals surface area contributed by atoms with E-state index in [0.29, 0.717) is 28.2 Å². The number of hydrazine groups is 1. The number of piperidine rings is 3. The van der Waals surface area contributed by atoms with Crippen LogP contribution >= 0.6 is 63.7 Å². The molecule has 536 valence electrons. The summed E-state index contributed by atoms with van der Waals surface area (Å²) in [7, 11) is -7.10. The van der Waals surface area contributed by atoms with Crippen molar-refractivity contribution in [3.8, 4) is 0 Å². The second-order valence-corrected chi connectivity index (χ2v) is 35.4. The van der Waals surface area contributed by atoms with Crippen LogP contribution in [-0.2, 0) is 34.3 Å². The molecule has 11 rings (SSSR count). The fraction of sp³-hybridized carbons (Fsp3) is 0.427. The molecule has 0 aromatic heterocycles. The molecule has 6 aromatic carbocycles. The molecule has 2 spiro atoms. The third kappa shape index (κ3) is 27.2. The van der Waals surface area contributed by atoms with E-state index in [1.54, 1.807) is 58.3 Å². The monoisotopic (exact) mass is 1650 g/mol. The average molecular weight is 1650 g/mol. The van der Waals surface area contributed by atoms with Crippen LogP contribution in [0, 0.1) is 24.7 Å². The number of hydrogen-bond donors (Lipinski definition) is 3. The highest BCUT2D eigenvalue weighted by Gasteiger charge is 2.57. The van der Waals surface area contributed by atoms with Crippen molar-refractivity contribution < 1.29 is 50.2 Å². The Morgan fingerprint density at radius 1 is 0.495 bits per heavy atom. The van der Waals surface area contributed by atoms with E-state index in [2.05, 4.69) is 129 Å². The molecule has 3 saturated heterocycles. The highest BCUT2D eigenvalue weighted by molar-refractivity contribution is 9.11. The highest BCUT2D eigenvalue weighted by atomic mass is 79.9. The molecule has 5 aliphatic rings.